The summed E-state index contributed by atoms with van der Waals surface area (Å²) in [5.41, 5.74) is 1.47. The molecule has 1 aliphatic rings. The highest BCUT2D eigenvalue weighted by Gasteiger charge is 2.19. The van der Waals surface area contributed by atoms with Gasteiger partial charge in [-0.15, -0.1) is 0 Å². The molecule has 18 heavy (non-hydrogen) atoms. The Hall–Kier alpha value is -1.64. The lowest BCUT2D eigenvalue weighted by molar-refractivity contribution is 0.144. The smallest absolute Gasteiger partial charge is 0.163 e. The fourth-order valence-electron chi connectivity index (χ4n) is 2.17. The SMILES string of the molecule is COCCN1CCN(c2cccnc2C#N)CC1. The summed E-state index contributed by atoms with van der Waals surface area (Å²) in [6, 6.07) is 6.00. The van der Waals surface area contributed by atoms with Crippen LogP contribution in [-0.2, 0) is 4.74 Å². The van der Waals surface area contributed by atoms with E-state index in [0.717, 1.165) is 45.0 Å². The third kappa shape index (κ3) is 2.97. The van der Waals surface area contributed by atoms with Crippen molar-refractivity contribution in [2.75, 3.05) is 51.3 Å². The summed E-state index contributed by atoms with van der Waals surface area (Å²) in [7, 11) is 1.73. The van der Waals surface area contributed by atoms with Gasteiger partial charge in [0.05, 0.1) is 12.3 Å². The molecule has 0 aromatic carbocycles. The normalized spacial score (nSPS) is 16.6. The van der Waals surface area contributed by atoms with Gasteiger partial charge in [-0.05, 0) is 12.1 Å². The molecule has 0 N–H and O–H groups in total. The monoisotopic (exact) mass is 246 g/mol. The Morgan fingerprint density at radius 3 is 2.83 bits per heavy atom. The van der Waals surface area contributed by atoms with Gasteiger partial charge in [0.15, 0.2) is 5.69 Å². The Morgan fingerprint density at radius 1 is 1.39 bits per heavy atom. The summed E-state index contributed by atoms with van der Waals surface area (Å²) in [4.78, 5) is 8.71. The van der Waals surface area contributed by atoms with Crippen molar-refractivity contribution >= 4 is 5.69 Å². The zero-order valence-corrected chi connectivity index (χ0v) is 10.7. The second-order valence-electron chi connectivity index (χ2n) is 4.30. The van der Waals surface area contributed by atoms with Gasteiger partial charge < -0.3 is 9.64 Å². The molecule has 0 bridgehead atoms. The van der Waals surface area contributed by atoms with Crippen molar-refractivity contribution in [2.45, 2.75) is 0 Å². The number of nitrogens with zero attached hydrogens (tertiary/aromatic N) is 4. The molecule has 1 aromatic rings. The molecular weight excluding hydrogens is 228 g/mol. The van der Waals surface area contributed by atoms with Gasteiger partial charge in [-0.25, -0.2) is 4.98 Å². The number of hydrogen-bond acceptors (Lipinski definition) is 5. The predicted molar refractivity (Wildman–Crippen MR) is 69.5 cm³/mol. The molecule has 1 aliphatic heterocycles. The third-order valence-corrected chi connectivity index (χ3v) is 3.22. The first kappa shape index (κ1) is 12.8. The van der Waals surface area contributed by atoms with Crippen LogP contribution in [0.1, 0.15) is 5.69 Å². The molecule has 0 atom stereocenters. The highest BCUT2D eigenvalue weighted by atomic mass is 16.5. The molecule has 1 fully saturated rings. The summed E-state index contributed by atoms with van der Waals surface area (Å²) in [5.74, 6) is 0. The first-order valence-corrected chi connectivity index (χ1v) is 6.16. The van der Waals surface area contributed by atoms with Crippen molar-refractivity contribution in [1.82, 2.24) is 9.88 Å². The Kier molecular flexibility index (Phi) is 4.51. The summed E-state index contributed by atoms with van der Waals surface area (Å²) in [6.07, 6.45) is 1.66. The molecule has 1 saturated heterocycles. The van der Waals surface area contributed by atoms with E-state index in [9.17, 15) is 0 Å². The van der Waals surface area contributed by atoms with Crippen molar-refractivity contribution in [3.63, 3.8) is 0 Å². The number of rotatable bonds is 4. The molecule has 96 valence electrons. The molecule has 0 spiro atoms. The van der Waals surface area contributed by atoms with Crippen LogP contribution in [0.15, 0.2) is 18.3 Å². The van der Waals surface area contributed by atoms with Crippen LogP contribution < -0.4 is 4.90 Å². The van der Waals surface area contributed by atoms with Crippen LogP contribution in [-0.4, -0.2) is 56.3 Å². The molecule has 2 heterocycles. The maximum absolute atomic E-state index is 9.05. The molecule has 0 amide bonds. The number of nitriles is 1. The number of anilines is 1. The average molecular weight is 246 g/mol. The fourth-order valence-corrected chi connectivity index (χ4v) is 2.17. The standard InChI is InChI=1S/C13H18N4O/c1-18-10-9-16-5-7-17(8-6-16)13-3-2-4-15-12(13)11-14/h2-4H,5-10H2,1H3. The Morgan fingerprint density at radius 2 is 2.17 bits per heavy atom. The minimum Gasteiger partial charge on any atom is -0.383 e. The van der Waals surface area contributed by atoms with E-state index in [1.807, 2.05) is 12.1 Å². The Balaban J connectivity index is 1.95. The average Bonchev–Trinajstić information content (AvgIpc) is 2.45. The summed E-state index contributed by atoms with van der Waals surface area (Å²) < 4.78 is 5.08. The van der Waals surface area contributed by atoms with Crippen LogP contribution in [0.2, 0.25) is 0 Å². The largest absolute Gasteiger partial charge is 0.383 e. The van der Waals surface area contributed by atoms with Gasteiger partial charge in [-0.3, -0.25) is 4.90 Å². The number of piperazine rings is 1. The molecule has 2 rings (SSSR count). The molecule has 0 aliphatic carbocycles. The Bertz CT molecular complexity index is 421. The number of methoxy groups -OCH3 is 1. The van der Waals surface area contributed by atoms with Gasteiger partial charge in [0, 0.05) is 46.0 Å². The van der Waals surface area contributed by atoms with Crippen LogP contribution in [0.3, 0.4) is 0 Å². The number of aromatic nitrogens is 1. The maximum atomic E-state index is 9.05. The van der Waals surface area contributed by atoms with E-state index >= 15 is 0 Å². The van der Waals surface area contributed by atoms with Crippen LogP contribution in [0.25, 0.3) is 0 Å². The lowest BCUT2D eigenvalue weighted by Crippen LogP contribution is -2.47. The van der Waals surface area contributed by atoms with Crippen LogP contribution in [0, 0.1) is 11.3 Å². The van der Waals surface area contributed by atoms with Crippen LogP contribution in [0.5, 0.6) is 0 Å². The lowest BCUT2D eigenvalue weighted by atomic mass is 10.2. The fraction of sp³-hybridized carbons (Fsp3) is 0.538. The quantitative estimate of drug-likeness (QED) is 0.783. The summed E-state index contributed by atoms with van der Waals surface area (Å²) >= 11 is 0. The minimum absolute atomic E-state index is 0.517. The van der Waals surface area contributed by atoms with E-state index in [1.165, 1.54) is 0 Å². The van der Waals surface area contributed by atoms with Crippen molar-refractivity contribution in [2.24, 2.45) is 0 Å². The second kappa shape index (κ2) is 6.34. The van der Waals surface area contributed by atoms with Gasteiger partial charge >= 0.3 is 0 Å². The van der Waals surface area contributed by atoms with Crippen LogP contribution >= 0.6 is 0 Å². The molecule has 1 aromatic heterocycles. The lowest BCUT2D eigenvalue weighted by Gasteiger charge is -2.36. The van der Waals surface area contributed by atoms with Gasteiger partial charge in [0.1, 0.15) is 6.07 Å². The molecular formula is C13H18N4O. The zero-order valence-electron chi connectivity index (χ0n) is 10.7. The zero-order chi connectivity index (χ0) is 12.8. The van der Waals surface area contributed by atoms with E-state index in [0.29, 0.717) is 5.69 Å². The Labute approximate surface area is 108 Å². The van der Waals surface area contributed by atoms with E-state index < -0.39 is 0 Å². The van der Waals surface area contributed by atoms with Crippen molar-refractivity contribution in [3.05, 3.63) is 24.0 Å². The second-order valence-corrected chi connectivity index (χ2v) is 4.30. The number of hydrogen-bond donors (Lipinski definition) is 0. The van der Waals surface area contributed by atoms with E-state index in [4.69, 9.17) is 10.00 Å². The van der Waals surface area contributed by atoms with E-state index in [1.54, 1.807) is 13.3 Å². The van der Waals surface area contributed by atoms with Crippen molar-refractivity contribution in [3.8, 4) is 6.07 Å². The van der Waals surface area contributed by atoms with Crippen molar-refractivity contribution < 1.29 is 4.74 Å². The number of ether oxygens (including phenoxy) is 1. The molecule has 5 nitrogen and oxygen atoms in total. The number of pyridine rings is 1. The van der Waals surface area contributed by atoms with Crippen molar-refractivity contribution in [1.29, 1.82) is 5.26 Å². The first-order chi connectivity index (χ1) is 8.85. The third-order valence-electron chi connectivity index (χ3n) is 3.22. The molecule has 0 saturated carbocycles. The molecule has 0 unspecified atom stereocenters. The van der Waals surface area contributed by atoms with Crippen LogP contribution in [0.4, 0.5) is 5.69 Å². The molecule has 0 radical (unpaired) electrons. The predicted octanol–water partition coefficient (Wildman–Crippen LogP) is 0.722. The van der Waals surface area contributed by atoms with E-state index in [2.05, 4.69) is 20.9 Å². The minimum atomic E-state index is 0.517. The summed E-state index contributed by atoms with van der Waals surface area (Å²) in [5, 5.41) is 9.05. The highest BCUT2D eigenvalue weighted by molar-refractivity contribution is 5.55. The first-order valence-electron chi connectivity index (χ1n) is 6.16. The van der Waals surface area contributed by atoms with E-state index in [-0.39, 0.29) is 0 Å². The van der Waals surface area contributed by atoms with Gasteiger partial charge in [-0.1, -0.05) is 0 Å². The van der Waals surface area contributed by atoms with Gasteiger partial charge in [0.2, 0.25) is 0 Å². The van der Waals surface area contributed by atoms with Gasteiger partial charge in [-0.2, -0.15) is 5.26 Å². The molecule has 5 heteroatoms. The summed E-state index contributed by atoms with van der Waals surface area (Å²) in [6.45, 7) is 5.62. The topological polar surface area (TPSA) is 52.4 Å². The highest BCUT2D eigenvalue weighted by Crippen LogP contribution is 2.18. The maximum Gasteiger partial charge on any atom is 0.163 e. The van der Waals surface area contributed by atoms with Gasteiger partial charge in [0.25, 0.3) is 0 Å².